The normalized spacial score (nSPS) is 22.8. The Labute approximate surface area is 155 Å². The van der Waals surface area contributed by atoms with Gasteiger partial charge in [-0.1, -0.05) is 31.0 Å². The lowest BCUT2D eigenvalue weighted by atomic mass is 9.84. The fourth-order valence-electron chi connectivity index (χ4n) is 4.64. The van der Waals surface area contributed by atoms with Crippen LogP contribution in [0.3, 0.4) is 0 Å². The van der Waals surface area contributed by atoms with E-state index in [4.69, 9.17) is 4.74 Å². The Morgan fingerprint density at radius 3 is 2.42 bits per heavy atom. The summed E-state index contributed by atoms with van der Waals surface area (Å²) >= 11 is 0. The molecule has 1 aromatic carbocycles. The van der Waals surface area contributed by atoms with Gasteiger partial charge in [-0.05, 0) is 37.3 Å². The van der Waals surface area contributed by atoms with E-state index in [-0.39, 0.29) is 11.8 Å². The molecule has 5 nitrogen and oxygen atoms in total. The summed E-state index contributed by atoms with van der Waals surface area (Å²) in [6, 6.07) is 7.83. The summed E-state index contributed by atoms with van der Waals surface area (Å²) in [7, 11) is 0. The molecule has 140 valence electrons. The molecule has 3 aliphatic rings. The van der Waals surface area contributed by atoms with Crippen LogP contribution in [0.5, 0.6) is 0 Å². The monoisotopic (exact) mass is 356 g/mol. The van der Waals surface area contributed by atoms with Crippen molar-refractivity contribution in [1.29, 1.82) is 0 Å². The van der Waals surface area contributed by atoms with E-state index in [1.165, 1.54) is 12.8 Å². The van der Waals surface area contributed by atoms with Crippen molar-refractivity contribution in [3.63, 3.8) is 0 Å². The van der Waals surface area contributed by atoms with Gasteiger partial charge in [-0.3, -0.25) is 9.59 Å². The molecule has 5 heteroatoms. The van der Waals surface area contributed by atoms with Crippen molar-refractivity contribution >= 4 is 11.8 Å². The van der Waals surface area contributed by atoms with Crippen LogP contribution >= 0.6 is 0 Å². The summed E-state index contributed by atoms with van der Waals surface area (Å²) in [6.07, 6.45) is 6.52. The largest absolute Gasteiger partial charge is 0.381 e. The molecule has 0 unspecified atom stereocenters. The first-order chi connectivity index (χ1) is 12.7. The van der Waals surface area contributed by atoms with Crippen LogP contribution in [0.1, 0.15) is 60.9 Å². The fourth-order valence-corrected chi connectivity index (χ4v) is 4.64. The Morgan fingerprint density at radius 1 is 1.04 bits per heavy atom. The van der Waals surface area contributed by atoms with Crippen LogP contribution in [0, 0.1) is 0 Å². The first kappa shape index (κ1) is 17.5. The maximum Gasteiger partial charge on any atom is 0.254 e. The Bertz CT molecular complexity index is 674. The topological polar surface area (TPSA) is 49.9 Å². The number of fused-ring (bicyclic) bond motifs is 1. The van der Waals surface area contributed by atoms with Crippen LogP contribution in [0.15, 0.2) is 24.3 Å². The van der Waals surface area contributed by atoms with Gasteiger partial charge in [0, 0.05) is 38.4 Å². The first-order valence-electron chi connectivity index (χ1n) is 9.95. The molecule has 0 aliphatic carbocycles. The SMILES string of the molecule is O=C(CC1(N2Cc3ccccc3C2=O)CCOCC1)N1CCCCCC1. The van der Waals surface area contributed by atoms with Crippen LogP contribution in [-0.4, -0.2) is 53.5 Å². The van der Waals surface area contributed by atoms with Crippen LogP contribution in [0.2, 0.25) is 0 Å². The number of carbonyl (C=O) groups excluding carboxylic acids is 2. The third-order valence-electron chi connectivity index (χ3n) is 6.26. The van der Waals surface area contributed by atoms with E-state index >= 15 is 0 Å². The van der Waals surface area contributed by atoms with Crippen molar-refractivity contribution in [1.82, 2.24) is 9.80 Å². The number of benzene rings is 1. The summed E-state index contributed by atoms with van der Waals surface area (Å²) in [5.41, 5.74) is 1.46. The molecule has 0 spiro atoms. The predicted octanol–water partition coefficient (Wildman–Crippen LogP) is 2.98. The highest BCUT2D eigenvalue weighted by Crippen LogP contribution is 2.38. The van der Waals surface area contributed by atoms with E-state index in [2.05, 4.69) is 0 Å². The molecule has 3 heterocycles. The summed E-state index contributed by atoms with van der Waals surface area (Å²) in [5.74, 6) is 0.281. The molecule has 2 saturated heterocycles. The molecule has 0 radical (unpaired) electrons. The van der Waals surface area contributed by atoms with Gasteiger partial charge in [0.15, 0.2) is 0 Å². The molecule has 0 atom stereocenters. The highest BCUT2D eigenvalue weighted by Gasteiger charge is 2.46. The summed E-state index contributed by atoms with van der Waals surface area (Å²) in [5, 5.41) is 0. The summed E-state index contributed by atoms with van der Waals surface area (Å²) in [6.45, 7) is 3.57. The Morgan fingerprint density at radius 2 is 1.73 bits per heavy atom. The third kappa shape index (κ3) is 3.25. The second-order valence-corrected chi connectivity index (χ2v) is 7.86. The van der Waals surface area contributed by atoms with E-state index in [1.807, 2.05) is 34.1 Å². The predicted molar refractivity (Wildman–Crippen MR) is 98.8 cm³/mol. The van der Waals surface area contributed by atoms with Crippen LogP contribution < -0.4 is 0 Å². The molecular formula is C21H28N2O3. The fraction of sp³-hybridized carbons (Fsp3) is 0.619. The van der Waals surface area contributed by atoms with E-state index in [1.54, 1.807) is 0 Å². The van der Waals surface area contributed by atoms with E-state index < -0.39 is 5.54 Å². The number of amides is 2. The summed E-state index contributed by atoms with van der Waals surface area (Å²) in [4.78, 5) is 30.2. The number of nitrogens with zero attached hydrogens (tertiary/aromatic N) is 2. The molecule has 3 aliphatic heterocycles. The van der Waals surface area contributed by atoms with Crippen molar-refractivity contribution in [2.24, 2.45) is 0 Å². The van der Waals surface area contributed by atoms with Gasteiger partial charge in [0.2, 0.25) is 5.91 Å². The maximum absolute atomic E-state index is 13.1. The highest BCUT2D eigenvalue weighted by atomic mass is 16.5. The number of carbonyl (C=O) groups is 2. The van der Waals surface area contributed by atoms with Gasteiger partial charge in [-0.15, -0.1) is 0 Å². The van der Waals surface area contributed by atoms with Crippen molar-refractivity contribution in [2.45, 2.75) is 57.0 Å². The van der Waals surface area contributed by atoms with Crippen LogP contribution in [0.25, 0.3) is 0 Å². The maximum atomic E-state index is 13.1. The summed E-state index contributed by atoms with van der Waals surface area (Å²) < 4.78 is 5.58. The quantitative estimate of drug-likeness (QED) is 0.837. The molecular weight excluding hydrogens is 328 g/mol. The lowest BCUT2D eigenvalue weighted by molar-refractivity contribution is -0.136. The second-order valence-electron chi connectivity index (χ2n) is 7.86. The van der Waals surface area contributed by atoms with E-state index in [0.29, 0.717) is 26.2 Å². The lowest BCUT2D eigenvalue weighted by Crippen LogP contribution is -2.55. The van der Waals surface area contributed by atoms with Gasteiger partial charge in [0.25, 0.3) is 5.91 Å². The van der Waals surface area contributed by atoms with Crippen molar-refractivity contribution < 1.29 is 14.3 Å². The molecule has 1 aromatic rings. The Balaban J connectivity index is 1.56. The average molecular weight is 356 g/mol. The van der Waals surface area contributed by atoms with Gasteiger partial charge in [-0.2, -0.15) is 0 Å². The zero-order valence-electron chi connectivity index (χ0n) is 15.4. The lowest BCUT2D eigenvalue weighted by Gasteiger charge is -2.45. The molecule has 0 saturated carbocycles. The van der Waals surface area contributed by atoms with Crippen LogP contribution in [0.4, 0.5) is 0 Å². The minimum atomic E-state index is -0.405. The number of likely N-dealkylation sites (tertiary alicyclic amines) is 1. The average Bonchev–Trinajstić information content (AvgIpc) is 2.85. The van der Waals surface area contributed by atoms with E-state index in [9.17, 15) is 9.59 Å². The molecule has 2 amide bonds. The third-order valence-corrected chi connectivity index (χ3v) is 6.26. The number of hydrogen-bond donors (Lipinski definition) is 0. The first-order valence-corrected chi connectivity index (χ1v) is 9.95. The van der Waals surface area contributed by atoms with Crippen LogP contribution in [-0.2, 0) is 16.1 Å². The number of ether oxygens (including phenoxy) is 1. The second kappa shape index (κ2) is 7.39. The van der Waals surface area contributed by atoms with Crippen molar-refractivity contribution in [3.8, 4) is 0 Å². The standard InChI is InChI=1S/C21H28N2O3/c24-19(22-11-5-1-2-6-12-22)15-21(9-13-26-14-10-21)23-16-17-7-3-4-8-18(17)20(23)25/h3-4,7-8H,1-2,5-6,9-16H2. The van der Waals surface area contributed by atoms with Gasteiger partial charge in [-0.25, -0.2) is 0 Å². The molecule has 0 aromatic heterocycles. The Kier molecular flexibility index (Phi) is 4.98. The number of rotatable bonds is 3. The van der Waals surface area contributed by atoms with E-state index in [0.717, 1.165) is 49.9 Å². The highest BCUT2D eigenvalue weighted by molar-refractivity contribution is 5.99. The molecule has 0 N–H and O–H groups in total. The minimum absolute atomic E-state index is 0.0752. The van der Waals surface area contributed by atoms with Gasteiger partial charge in [0.1, 0.15) is 0 Å². The zero-order valence-corrected chi connectivity index (χ0v) is 15.4. The smallest absolute Gasteiger partial charge is 0.254 e. The number of hydrogen-bond acceptors (Lipinski definition) is 3. The molecule has 4 rings (SSSR count). The minimum Gasteiger partial charge on any atom is -0.381 e. The molecule has 26 heavy (non-hydrogen) atoms. The van der Waals surface area contributed by atoms with Gasteiger partial charge in [0.05, 0.1) is 12.0 Å². The molecule has 0 bridgehead atoms. The Hall–Kier alpha value is -1.88. The van der Waals surface area contributed by atoms with Gasteiger partial charge < -0.3 is 14.5 Å². The van der Waals surface area contributed by atoms with Crippen molar-refractivity contribution in [3.05, 3.63) is 35.4 Å². The van der Waals surface area contributed by atoms with Gasteiger partial charge >= 0.3 is 0 Å². The zero-order chi connectivity index (χ0) is 18.0. The van der Waals surface area contributed by atoms with Crippen molar-refractivity contribution in [2.75, 3.05) is 26.3 Å². The molecule has 2 fully saturated rings.